The average Bonchev–Trinajstić information content (AvgIpc) is 2.39. The molecule has 5 nitrogen and oxygen atoms in total. The maximum Gasteiger partial charge on any atom is 0.322 e. The lowest BCUT2D eigenvalue weighted by Crippen LogP contribution is -2.49. The maximum absolute atomic E-state index is 12.2. The van der Waals surface area contributed by atoms with Gasteiger partial charge in [0.15, 0.2) is 0 Å². The molecule has 1 aliphatic heterocycles. The Hall–Kier alpha value is -1.46. The van der Waals surface area contributed by atoms with Gasteiger partial charge < -0.3 is 19.7 Å². The number of hydrogen-bond acceptors (Lipinski definition) is 3. The zero-order valence-corrected chi connectivity index (χ0v) is 12.6. The van der Waals surface area contributed by atoms with Crippen molar-refractivity contribution in [3.8, 4) is 5.75 Å². The molecule has 0 radical (unpaired) electrons. The normalized spacial score (nSPS) is 22.5. The SMILES string of the molecule is COc1ccc(NC(=O)N2C[C@@H](C)O[C@H](C)C2)c(Cl)c1. The largest absolute Gasteiger partial charge is 0.497 e. The molecule has 1 aliphatic rings. The monoisotopic (exact) mass is 298 g/mol. The zero-order valence-electron chi connectivity index (χ0n) is 11.9. The number of amides is 2. The molecule has 0 saturated carbocycles. The average molecular weight is 299 g/mol. The topological polar surface area (TPSA) is 50.8 Å². The molecule has 0 aromatic heterocycles. The summed E-state index contributed by atoms with van der Waals surface area (Å²) in [6.45, 7) is 5.06. The third-order valence-corrected chi connectivity index (χ3v) is 3.44. The minimum absolute atomic E-state index is 0.0378. The Morgan fingerprint density at radius 3 is 2.60 bits per heavy atom. The molecule has 2 atom stereocenters. The predicted molar refractivity (Wildman–Crippen MR) is 78.6 cm³/mol. The third kappa shape index (κ3) is 3.55. The number of halogens is 1. The number of anilines is 1. The number of urea groups is 1. The van der Waals surface area contributed by atoms with E-state index in [0.29, 0.717) is 29.5 Å². The first-order chi connectivity index (χ1) is 9.49. The highest BCUT2D eigenvalue weighted by molar-refractivity contribution is 6.33. The fraction of sp³-hybridized carbons (Fsp3) is 0.500. The number of morpholine rings is 1. The highest BCUT2D eigenvalue weighted by Gasteiger charge is 2.26. The van der Waals surface area contributed by atoms with Crippen LogP contribution in [-0.4, -0.2) is 43.3 Å². The Bertz CT molecular complexity index is 485. The van der Waals surface area contributed by atoms with Gasteiger partial charge in [0.2, 0.25) is 0 Å². The van der Waals surface area contributed by atoms with E-state index in [1.807, 2.05) is 13.8 Å². The van der Waals surface area contributed by atoms with Crippen LogP contribution in [0.15, 0.2) is 18.2 Å². The van der Waals surface area contributed by atoms with Crippen molar-refractivity contribution in [2.24, 2.45) is 0 Å². The van der Waals surface area contributed by atoms with Crippen LogP contribution in [0.5, 0.6) is 5.75 Å². The summed E-state index contributed by atoms with van der Waals surface area (Å²) in [6.07, 6.45) is 0.0756. The lowest BCUT2D eigenvalue weighted by molar-refractivity contribution is -0.0530. The Morgan fingerprint density at radius 2 is 2.05 bits per heavy atom. The molecule has 1 saturated heterocycles. The van der Waals surface area contributed by atoms with Crippen LogP contribution >= 0.6 is 11.6 Å². The summed E-state index contributed by atoms with van der Waals surface area (Å²) in [7, 11) is 1.57. The first-order valence-corrected chi connectivity index (χ1v) is 6.92. The summed E-state index contributed by atoms with van der Waals surface area (Å²) in [4.78, 5) is 14.0. The standard InChI is InChI=1S/C14H19ClN2O3/c1-9-7-17(8-10(2)20-9)14(18)16-13-5-4-11(19-3)6-12(13)15/h4-6,9-10H,7-8H2,1-3H3,(H,16,18)/t9-,10-/m1/s1. The second kappa shape index (κ2) is 6.33. The lowest BCUT2D eigenvalue weighted by atomic mass is 10.2. The lowest BCUT2D eigenvalue weighted by Gasteiger charge is -2.35. The number of nitrogens with zero attached hydrogens (tertiary/aromatic N) is 1. The van der Waals surface area contributed by atoms with Crippen molar-refractivity contribution in [3.05, 3.63) is 23.2 Å². The van der Waals surface area contributed by atoms with Gasteiger partial charge in [-0.2, -0.15) is 0 Å². The van der Waals surface area contributed by atoms with Gasteiger partial charge in [-0.15, -0.1) is 0 Å². The quantitative estimate of drug-likeness (QED) is 0.913. The summed E-state index contributed by atoms with van der Waals surface area (Å²) in [5.74, 6) is 0.654. The molecule has 2 rings (SSSR count). The predicted octanol–water partition coefficient (Wildman–Crippen LogP) is 2.99. The summed E-state index contributed by atoms with van der Waals surface area (Å²) in [5, 5.41) is 3.27. The second-order valence-electron chi connectivity index (χ2n) is 4.94. The van der Waals surface area contributed by atoms with E-state index in [4.69, 9.17) is 21.1 Å². The molecule has 1 N–H and O–H groups in total. The van der Waals surface area contributed by atoms with Gasteiger partial charge in [0.05, 0.1) is 30.0 Å². The molecule has 0 bridgehead atoms. The van der Waals surface area contributed by atoms with Crippen molar-refractivity contribution in [2.75, 3.05) is 25.5 Å². The van der Waals surface area contributed by atoms with Gasteiger partial charge >= 0.3 is 6.03 Å². The summed E-state index contributed by atoms with van der Waals surface area (Å²) < 4.78 is 10.7. The summed E-state index contributed by atoms with van der Waals surface area (Å²) >= 11 is 6.11. The van der Waals surface area contributed by atoms with Crippen molar-refractivity contribution in [1.82, 2.24) is 4.90 Å². The fourth-order valence-electron chi connectivity index (χ4n) is 2.26. The number of ether oxygens (including phenoxy) is 2. The van der Waals surface area contributed by atoms with Crippen molar-refractivity contribution in [3.63, 3.8) is 0 Å². The number of nitrogens with one attached hydrogen (secondary N) is 1. The molecule has 1 aromatic rings. The van der Waals surface area contributed by atoms with Crippen LogP contribution in [0.4, 0.5) is 10.5 Å². The van der Waals surface area contributed by atoms with Crippen molar-refractivity contribution < 1.29 is 14.3 Å². The molecule has 1 heterocycles. The van der Waals surface area contributed by atoms with Gasteiger partial charge in [0.1, 0.15) is 5.75 Å². The van der Waals surface area contributed by atoms with Gasteiger partial charge in [0, 0.05) is 19.2 Å². The molecule has 6 heteroatoms. The fourth-order valence-corrected chi connectivity index (χ4v) is 2.48. The molecule has 0 unspecified atom stereocenters. The van der Waals surface area contributed by atoms with Gasteiger partial charge in [-0.1, -0.05) is 11.6 Å². The number of rotatable bonds is 2. The van der Waals surface area contributed by atoms with E-state index in [1.165, 1.54) is 0 Å². The van der Waals surface area contributed by atoms with Crippen LogP contribution in [0.1, 0.15) is 13.8 Å². The zero-order chi connectivity index (χ0) is 14.7. The van der Waals surface area contributed by atoms with E-state index >= 15 is 0 Å². The highest BCUT2D eigenvalue weighted by Crippen LogP contribution is 2.27. The minimum Gasteiger partial charge on any atom is -0.497 e. The van der Waals surface area contributed by atoms with E-state index < -0.39 is 0 Å². The molecule has 1 aromatic carbocycles. The molecule has 20 heavy (non-hydrogen) atoms. The number of methoxy groups -OCH3 is 1. The maximum atomic E-state index is 12.2. The van der Waals surface area contributed by atoms with Crippen molar-refractivity contribution in [2.45, 2.75) is 26.1 Å². The van der Waals surface area contributed by atoms with E-state index in [2.05, 4.69) is 5.32 Å². The second-order valence-corrected chi connectivity index (χ2v) is 5.35. The van der Waals surface area contributed by atoms with Crippen molar-refractivity contribution in [1.29, 1.82) is 0 Å². The van der Waals surface area contributed by atoms with E-state index in [1.54, 1.807) is 30.2 Å². The van der Waals surface area contributed by atoms with Gasteiger partial charge in [-0.05, 0) is 26.0 Å². The van der Waals surface area contributed by atoms with Gasteiger partial charge in [-0.25, -0.2) is 4.79 Å². The summed E-state index contributed by atoms with van der Waals surface area (Å²) in [6, 6.07) is 4.99. The van der Waals surface area contributed by atoms with E-state index in [9.17, 15) is 4.79 Å². The first-order valence-electron chi connectivity index (χ1n) is 6.54. The van der Waals surface area contributed by atoms with Gasteiger partial charge in [0.25, 0.3) is 0 Å². The number of benzene rings is 1. The Labute approximate surface area is 123 Å². The molecule has 2 amide bonds. The Kier molecular flexibility index (Phi) is 4.73. The third-order valence-electron chi connectivity index (χ3n) is 3.12. The van der Waals surface area contributed by atoms with Crippen LogP contribution in [0.3, 0.4) is 0 Å². The molecule has 0 spiro atoms. The highest BCUT2D eigenvalue weighted by atomic mass is 35.5. The molecule has 1 fully saturated rings. The number of carbonyl (C=O) groups is 1. The summed E-state index contributed by atoms with van der Waals surface area (Å²) in [5.41, 5.74) is 0.573. The Morgan fingerprint density at radius 1 is 1.40 bits per heavy atom. The molecule has 110 valence electrons. The van der Waals surface area contributed by atoms with Crippen LogP contribution in [0, 0.1) is 0 Å². The van der Waals surface area contributed by atoms with Gasteiger partial charge in [-0.3, -0.25) is 0 Å². The molecule has 0 aliphatic carbocycles. The Balaban J connectivity index is 2.04. The number of hydrogen-bond donors (Lipinski definition) is 1. The van der Waals surface area contributed by atoms with Crippen LogP contribution < -0.4 is 10.1 Å². The van der Waals surface area contributed by atoms with Crippen molar-refractivity contribution >= 4 is 23.3 Å². The van der Waals surface area contributed by atoms with Crippen LogP contribution in [0.2, 0.25) is 5.02 Å². The first kappa shape index (κ1) is 14.9. The number of carbonyl (C=O) groups excluding carboxylic acids is 1. The smallest absolute Gasteiger partial charge is 0.322 e. The molecular weight excluding hydrogens is 280 g/mol. The molecular formula is C14H19ClN2O3. The van der Waals surface area contributed by atoms with E-state index in [0.717, 1.165) is 0 Å². The van der Waals surface area contributed by atoms with Crippen LogP contribution in [-0.2, 0) is 4.74 Å². The minimum atomic E-state index is -0.168. The van der Waals surface area contributed by atoms with Crippen LogP contribution in [0.25, 0.3) is 0 Å². The van der Waals surface area contributed by atoms with E-state index in [-0.39, 0.29) is 18.2 Å².